The molecule has 0 aliphatic carbocycles. The molecule has 1 atom stereocenters. The first-order chi connectivity index (χ1) is 6.65. The standard InChI is InChI=1S/C11H13Cl2O/c1-2-3-4-11(14)8-5-6-9(12)10(13)7-8/h5-7,11H,2-4H2,1H3. The summed E-state index contributed by atoms with van der Waals surface area (Å²) in [4.78, 5) is 0. The molecule has 0 spiro atoms. The Hall–Kier alpha value is -0.240. The van der Waals surface area contributed by atoms with Gasteiger partial charge in [0.1, 0.15) is 6.10 Å². The molecule has 14 heavy (non-hydrogen) atoms. The zero-order valence-corrected chi connectivity index (χ0v) is 9.61. The molecular weight excluding hydrogens is 219 g/mol. The first kappa shape index (κ1) is 11.8. The van der Waals surface area contributed by atoms with Crippen molar-refractivity contribution >= 4 is 23.2 Å². The summed E-state index contributed by atoms with van der Waals surface area (Å²) >= 11 is 11.6. The lowest BCUT2D eigenvalue weighted by molar-refractivity contribution is 0.0791. The number of benzene rings is 1. The van der Waals surface area contributed by atoms with Crippen LogP contribution in [-0.2, 0) is 5.11 Å². The molecule has 1 rings (SSSR count). The number of hydrogen-bond acceptors (Lipinski definition) is 0. The molecule has 1 unspecified atom stereocenters. The summed E-state index contributed by atoms with van der Waals surface area (Å²) in [5.41, 5.74) is 0.729. The van der Waals surface area contributed by atoms with E-state index in [-0.39, 0.29) is 0 Å². The molecule has 0 saturated heterocycles. The Kier molecular flexibility index (Phi) is 4.73. The van der Waals surface area contributed by atoms with Crippen LogP contribution < -0.4 is 0 Å². The fourth-order valence-electron chi connectivity index (χ4n) is 1.27. The molecule has 0 aliphatic rings. The monoisotopic (exact) mass is 231 g/mol. The molecule has 0 saturated carbocycles. The molecule has 0 amide bonds. The molecular formula is C11H13Cl2O. The van der Waals surface area contributed by atoms with E-state index in [1.165, 1.54) is 0 Å². The first-order valence-corrected chi connectivity index (χ1v) is 5.51. The van der Waals surface area contributed by atoms with Crippen LogP contribution in [0.1, 0.15) is 37.9 Å². The van der Waals surface area contributed by atoms with Gasteiger partial charge in [0.05, 0.1) is 10.0 Å². The highest BCUT2D eigenvalue weighted by molar-refractivity contribution is 6.42. The number of unbranched alkanes of at least 4 members (excludes halogenated alkanes) is 1. The Balaban J connectivity index is 2.70. The van der Waals surface area contributed by atoms with Crippen molar-refractivity contribution in [2.75, 3.05) is 0 Å². The van der Waals surface area contributed by atoms with E-state index in [0.717, 1.165) is 18.4 Å². The van der Waals surface area contributed by atoms with Gasteiger partial charge in [-0.1, -0.05) is 49.0 Å². The van der Waals surface area contributed by atoms with Crippen molar-refractivity contribution in [1.82, 2.24) is 0 Å². The third kappa shape index (κ3) is 3.16. The molecule has 0 aliphatic heterocycles. The number of hydrogen-bond donors (Lipinski definition) is 0. The lowest BCUT2D eigenvalue weighted by atomic mass is 10.0. The Bertz CT molecular complexity index is 299. The minimum atomic E-state index is -0.676. The fourth-order valence-corrected chi connectivity index (χ4v) is 1.58. The summed E-state index contributed by atoms with van der Waals surface area (Å²) in [6, 6.07) is 5.09. The zero-order chi connectivity index (χ0) is 10.6. The van der Waals surface area contributed by atoms with Crippen molar-refractivity contribution in [2.45, 2.75) is 32.3 Å². The maximum Gasteiger partial charge on any atom is 0.118 e. The van der Waals surface area contributed by atoms with Crippen molar-refractivity contribution in [3.05, 3.63) is 33.8 Å². The van der Waals surface area contributed by atoms with Gasteiger partial charge >= 0.3 is 0 Å². The highest BCUT2D eigenvalue weighted by atomic mass is 35.5. The SMILES string of the molecule is CCCCC([O])c1ccc(Cl)c(Cl)c1. The quantitative estimate of drug-likeness (QED) is 0.719. The lowest BCUT2D eigenvalue weighted by Gasteiger charge is -2.08. The third-order valence-electron chi connectivity index (χ3n) is 2.14. The van der Waals surface area contributed by atoms with Crippen molar-refractivity contribution in [2.24, 2.45) is 0 Å². The molecule has 0 fully saturated rings. The van der Waals surface area contributed by atoms with E-state index in [4.69, 9.17) is 23.2 Å². The minimum absolute atomic E-state index is 0.460. The van der Waals surface area contributed by atoms with E-state index in [9.17, 15) is 5.11 Å². The normalized spacial score (nSPS) is 12.9. The Morgan fingerprint density at radius 1 is 1.29 bits per heavy atom. The second kappa shape index (κ2) is 5.59. The van der Waals surface area contributed by atoms with Gasteiger partial charge < -0.3 is 0 Å². The van der Waals surface area contributed by atoms with Gasteiger partial charge in [0, 0.05) is 0 Å². The average molecular weight is 232 g/mol. The number of rotatable bonds is 4. The minimum Gasteiger partial charge on any atom is -0.228 e. The van der Waals surface area contributed by atoms with Crippen LogP contribution in [-0.4, -0.2) is 0 Å². The fraction of sp³-hybridized carbons (Fsp3) is 0.455. The predicted molar refractivity (Wildman–Crippen MR) is 59.4 cm³/mol. The highest BCUT2D eigenvalue weighted by Crippen LogP contribution is 2.27. The third-order valence-corrected chi connectivity index (χ3v) is 2.87. The van der Waals surface area contributed by atoms with Crippen LogP contribution in [0.15, 0.2) is 18.2 Å². The lowest BCUT2D eigenvalue weighted by Crippen LogP contribution is -1.95. The maximum absolute atomic E-state index is 11.6. The van der Waals surface area contributed by atoms with Crippen LogP contribution in [0.3, 0.4) is 0 Å². The van der Waals surface area contributed by atoms with Gasteiger partial charge in [0.25, 0.3) is 0 Å². The molecule has 0 aromatic heterocycles. The number of halogens is 2. The van der Waals surface area contributed by atoms with Gasteiger partial charge in [-0.25, -0.2) is 5.11 Å². The molecule has 0 N–H and O–H groups in total. The average Bonchev–Trinajstić information content (AvgIpc) is 2.18. The summed E-state index contributed by atoms with van der Waals surface area (Å²) < 4.78 is 0. The van der Waals surface area contributed by atoms with Crippen LogP contribution in [0.5, 0.6) is 0 Å². The van der Waals surface area contributed by atoms with E-state index in [0.29, 0.717) is 16.5 Å². The van der Waals surface area contributed by atoms with E-state index in [2.05, 4.69) is 6.92 Å². The topological polar surface area (TPSA) is 19.9 Å². The predicted octanol–water partition coefficient (Wildman–Crippen LogP) is 4.66. The molecule has 1 radical (unpaired) electrons. The zero-order valence-electron chi connectivity index (χ0n) is 8.09. The largest absolute Gasteiger partial charge is 0.228 e. The summed E-state index contributed by atoms with van der Waals surface area (Å²) in [6.45, 7) is 2.07. The Morgan fingerprint density at radius 2 is 2.00 bits per heavy atom. The Morgan fingerprint density at radius 3 is 2.57 bits per heavy atom. The Labute approximate surface area is 94.7 Å². The molecule has 77 valence electrons. The molecule has 1 nitrogen and oxygen atoms in total. The molecule has 1 aromatic carbocycles. The van der Waals surface area contributed by atoms with Crippen molar-refractivity contribution in [3.63, 3.8) is 0 Å². The van der Waals surface area contributed by atoms with Crippen LogP contribution in [0.4, 0.5) is 0 Å². The smallest absolute Gasteiger partial charge is 0.118 e. The van der Waals surface area contributed by atoms with Crippen LogP contribution in [0, 0.1) is 0 Å². The summed E-state index contributed by atoms with van der Waals surface area (Å²) in [6.07, 6.45) is 1.98. The molecule has 3 heteroatoms. The second-order valence-electron chi connectivity index (χ2n) is 3.30. The van der Waals surface area contributed by atoms with Gasteiger partial charge in [-0.3, -0.25) is 0 Å². The van der Waals surface area contributed by atoms with Crippen LogP contribution in [0.2, 0.25) is 10.0 Å². The summed E-state index contributed by atoms with van der Waals surface area (Å²) in [7, 11) is 0. The molecule has 1 aromatic rings. The second-order valence-corrected chi connectivity index (χ2v) is 4.12. The highest BCUT2D eigenvalue weighted by Gasteiger charge is 2.10. The van der Waals surface area contributed by atoms with E-state index in [1.54, 1.807) is 18.2 Å². The van der Waals surface area contributed by atoms with E-state index in [1.807, 2.05) is 0 Å². The van der Waals surface area contributed by atoms with Gasteiger partial charge in [0.15, 0.2) is 0 Å². The van der Waals surface area contributed by atoms with Crippen molar-refractivity contribution in [3.8, 4) is 0 Å². The van der Waals surface area contributed by atoms with Crippen LogP contribution in [0.25, 0.3) is 0 Å². The first-order valence-electron chi connectivity index (χ1n) is 4.76. The summed E-state index contributed by atoms with van der Waals surface area (Å²) in [5, 5.41) is 12.6. The molecule has 0 bridgehead atoms. The maximum atomic E-state index is 11.6. The van der Waals surface area contributed by atoms with Crippen molar-refractivity contribution in [1.29, 1.82) is 0 Å². The molecule has 0 heterocycles. The van der Waals surface area contributed by atoms with Gasteiger partial charge in [-0.15, -0.1) is 0 Å². The summed E-state index contributed by atoms with van der Waals surface area (Å²) in [5.74, 6) is 0. The van der Waals surface area contributed by atoms with Gasteiger partial charge in [0.2, 0.25) is 0 Å². The van der Waals surface area contributed by atoms with Crippen molar-refractivity contribution < 1.29 is 5.11 Å². The van der Waals surface area contributed by atoms with Gasteiger partial charge in [-0.05, 0) is 24.1 Å². The van der Waals surface area contributed by atoms with E-state index < -0.39 is 6.10 Å². The van der Waals surface area contributed by atoms with Gasteiger partial charge in [-0.2, -0.15) is 0 Å². The van der Waals surface area contributed by atoms with E-state index >= 15 is 0 Å². The van der Waals surface area contributed by atoms with Crippen LogP contribution >= 0.6 is 23.2 Å².